The molecule has 0 aliphatic carbocycles. The van der Waals surface area contributed by atoms with Crippen LogP contribution in [-0.2, 0) is 0 Å². The van der Waals surface area contributed by atoms with Crippen LogP contribution in [0.4, 0.5) is 0 Å². The summed E-state index contributed by atoms with van der Waals surface area (Å²) in [5.74, 6) is -0.0394. The third kappa shape index (κ3) is 2.95. The molecule has 0 spiro atoms. The predicted molar refractivity (Wildman–Crippen MR) is 53.2 cm³/mol. The summed E-state index contributed by atoms with van der Waals surface area (Å²) in [6, 6.07) is 8.59. The van der Waals surface area contributed by atoms with Gasteiger partial charge in [-0.1, -0.05) is 12.1 Å². The molecular formula is C10H10N2O3. The van der Waals surface area contributed by atoms with Gasteiger partial charge < -0.3 is 4.74 Å². The lowest BCUT2D eigenvalue weighted by Crippen LogP contribution is -2.10. The van der Waals surface area contributed by atoms with Crippen LogP contribution in [0.5, 0.6) is 5.75 Å². The highest BCUT2D eigenvalue weighted by Gasteiger charge is 2.16. The van der Waals surface area contributed by atoms with Gasteiger partial charge in [0.05, 0.1) is 13.2 Å². The fraction of sp³-hybridized carbons (Fsp3) is 0.300. The van der Waals surface area contributed by atoms with Crippen LogP contribution in [0.25, 0.3) is 0 Å². The Morgan fingerprint density at radius 2 is 2.13 bits per heavy atom. The lowest BCUT2D eigenvalue weighted by atomic mass is 10.0. The minimum Gasteiger partial charge on any atom is -0.497 e. The topological polar surface area (TPSA) is 76.2 Å². The fourth-order valence-corrected chi connectivity index (χ4v) is 1.21. The van der Waals surface area contributed by atoms with Gasteiger partial charge in [-0.3, -0.25) is 10.1 Å². The molecule has 1 unspecified atom stereocenters. The average molecular weight is 206 g/mol. The molecule has 0 amide bonds. The predicted octanol–water partition coefficient (Wildman–Crippen LogP) is 1.58. The molecule has 0 bridgehead atoms. The zero-order valence-corrected chi connectivity index (χ0v) is 8.21. The SMILES string of the molecule is COc1ccc(C(C#N)C[N+](=O)[O-])cc1. The first kappa shape index (κ1) is 11.0. The maximum atomic E-state index is 10.3. The van der Waals surface area contributed by atoms with Crippen LogP contribution in [0.15, 0.2) is 24.3 Å². The van der Waals surface area contributed by atoms with E-state index in [4.69, 9.17) is 10.00 Å². The number of ether oxygens (including phenoxy) is 1. The van der Waals surface area contributed by atoms with Gasteiger partial charge in [0.2, 0.25) is 6.54 Å². The van der Waals surface area contributed by atoms with Gasteiger partial charge in [-0.2, -0.15) is 5.26 Å². The Morgan fingerprint density at radius 1 is 1.53 bits per heavy atom. The van der Waals surface area contributed by atoms with Crippen molar-refractivity contribution in [3.05, 3.63) is 39.9 Å². The summed E-state index contributed by atoms with van der Waals surface area (Å²) < 4.78 is 4.95. The van der Waals surface area contributed by atoms with Crippen LogP contribution in [0.1, 0.15) is 11.5 Å². The number of hydrogen-bond acceptors (Lipinski definition) is 4. The molecule has 1 rings (SSSR count). The number of nitro groups is 1. The highest BCUT2D eigenvalue weighted by atomic mass is 16.6. The maximum absolute atomic E-state index is 10.3. The van der Waals surface area contributed by atoms with E-state index >= 15 is 0 Å². The number of benzene rings is 1. The lowest BCUT2D eigenvalue weighted by Gasteiger charge is -2.05. The van der Waals surface area contributed by atoms with Crippen molar-refractivity contribution in [2.75, 3.05) is 13.7 Å². The van der Waals surface area contributed by atoms with Crippen molar-refractivity contribution in [1.29, 1.82) is 5.26 Å². The Hall–Kier alpha value is -2.09. The standard InChI is InChI=1S/C10H10N2O3/c1-15-10-4-2-8(3-5-10)9(6-11)7-12(13)14/h2-5,9H,7H2,1H3. The van der Waals surface area contributed by atoms with Gasteiger partial charge >= 0.3 is 0 Å². The largest absolute Gasteiger partial charge is 0.497 e. The smallest absolute Gasteiger partial charge is 0.223 e. The van der Waals surface area contributed by atoms with Crippen LogP contribution in [0.2, 0.25) is 0 Å². The van der Waals surface area contributed by atoms with E-state index < -0.39 is 10.8 Å². The molecule has 0 saturated heterocycles. The molecule has 0 fully saturated rings. The highest BCUT2D eigenvalue weighted by Crippen LogP contribution is 2.18. The minimum absolute atomic E-state index is 0.372. The zero-order valence-electron chi connectivity index (χ0n) is 8.21. The van der Waals surface area contributed by atoms with Crippen molar-refractivity contribution >= 4 is 0 Å². The number of nitrogens with zero attached hydrogens (tertiary/aromatic N) is 2. The first-order chi connectivity index (χ1) is 7.17. The second-order valence-electron chi connectivity index (χ2n) is 2.97. The molecule has 15 heavy (non-hydrogen) atoms. The highest BCUT2D eigenvalue weighted by molar-refractivity contribution is 5.31. The maximum Gasteiger partial charge on any atom is 0.223 e. The van der Waals surface area contributed by atoms with E-state index in [1.165, 1.54) is 7.11 Å². The Bertz CT molecular complexity index is 381. The third-order valence-electron chi connectivity index (χ3n) is 2.01. The molecule has 1 aromatic carbocycles. The zero-order chi connectivity index (χ0) is 11.3. The van der Waals surface area contributed by atoms with Crippen LogP contribution >= 0.6 is 0 Å². The molecule has 5 heteroatoms. The molecule has 78 valence electrons. The van der Waals surface area contributed by atoms with E-state index in [1.54, 1.807) is 24.3 Å². The molecular weight excluding hydrogens is 196 g/mol. The molecule has 0 heterocycles. The number of hydrogen-bond donors (Lipinski definition) is 0. The summed E-state index contributed by atoms with van der Waals surface area (Å²) in [4.78, 5) is 9.81. The summed E-state index contributed by atoms with van der Waals surface area (Å²) in [6.07, 6.45) is 0. The quantitative estimate of drug-likeness (QED) is 0.553. The van der Waals surface area contributed by atoms with Crippen molar-refractivity contribution in [2.45, 2.75) is 5.92 Å². The van der Waals surface area contributed by atoms with E-state index in [0.717, 1.165) is 0 Å². The summed E-state index contributed by atoms with van der Waals surface area (Å²) in [5.41, 5.74) is 0.634. The van der Waals surface area contributed by atoms with E-state index in [0.29, 0.717) is 11.3 Å². The molecule has 0 N–H and O–H groups in total. The van der Waals surface area contributed by atoms with Gasteiger partial charge in [-0.05, 0) is 17.7 Å². The Labute approximate surface area is 87.1 Å². The summed E-state index contributed by atoms with van der Waals surface area (Å²) >= 11 is 0. The summed E-state index contributed by atoms with van der Waals surface area (Å²) in [7, 11) is 1.54. The second-order valence-corrected chi connectivity index (χ2v) is 2.97. The Morgan fingerprint density at radius 3 is 2.53 bits per heavy atom. The first-order valence-electron chi connectivity index (χ1n) is 4.32. The van der Waals surface area contributed by atoms with Gasteiger partial charge in [0.25, 0.3) is 0 Å². The van der Waals surface area contributed by atoms with Crippen LogP contribution in [-0.4, -0.2) is 18.6 Å². The molecule has 0 saturated carbocycles. The van der Waals surface area contributed by atoms with Gasteiger partial charge in [0.15, 0.2) is 0 Å². The number of rotatable bonds is 4. The van der Waals surface area contributed by atoms with Crippen molar-refractivity contribution < 1.29 is 9.66 Å². The molecule has 0 aromatic heterocycles. The van der Waals surface area contributed by atoms with Crippen LogP contribution in [0.3, 0.4) is 0 Å². The molecule has 1 atom stereocenters. The minimum atomic E-state index is -0.703. The van der Waals surface area contributed by atoms with Crippen LogP contribution < -0.4 is 4.74 Å². The van der Waals surface area contributed by atoms with Gasteiger partial charge in [-0.25, -0.2) is 0 Å². The van der Waals surface area contributed by atoms with Crippen molar-refractivity contribution in [1.82, 2.24) is 0 Å². The average Bonchev–Trinajstić information content (AvgIpc) is 2.26. The van der Waals surface area contributed by atoms with Crippen molar-refractivity contribution in [3.63, 3.8) is 0 Å². The second kappa shape index (κ2) is 4.96. The van der Waals surface area contributed by atoms with Crippen molar-refractivity contribution in [2.24, 2.45) is 0 Å². The van der Waals surface area contributed by atoms with Crippen LogP contribution in [0, 0.1) is 21.4 Å². The summed E-state index contributed by atoms with van der Waals surface area (Å²) in [6.45, 7) is -0.372. The Kier molecular flexibility index (Phi) is 3.63. The molecule has 0 aliphatic rings. The van der Waals surface area contributed by atoms with E-state index in [1.807, 2.05) is 6.07 Å². The van der Waals surface area contributed by atoms with Crippen molar-refractivity contribution in [3.8, 4) is 11.8 Å². The molecule has 5 nitrogen and oxygen atoms in total. The fourth-order valence-electron chi connectivity index (χ4n) is 1.21. The Balaban J connectivity index is 2.84. The molecule has 0 aliphatic heterocycles. The third-order valence-corrected chi connectivity index (χ3v) is 2.01. The lowest BCUT2D eigenvalue weighted by molar-refractivity contribution is -0.481. The number of nitriles is 1. The van der Waals surface area contributed by atoms with E-state index in [-0.39, 0.29) is 6.54 Å². The molecule has 1 aromatic rings. The van der Waals surface area contributed by atoms with E-state index in [2.05, 4.69) is 0 Å². The first-order valence-corrected chi connectivity index (χ1v) is 4.32. The van der Waals surface area contributed by atoms with E-state index in [9.17, 15) is 10.1 Å². The normalized spacial score (nSPS) is 11.5. The van der Waals surface area contributed by atoms with Gasteiger partial charge in [-0.15, -0.1) is 0 Å². The van der Waals surface area contributed by atoms with Gasteiger partial charge in [0, 0.05) is 4.92 Å². The monoisotopic (exact) mass is 206 g/mol. The number of methoxy groups -OCH3 is 1. The van der Waals surface area contributed by atoms with Gasteiger partial charge in [0.1, 0.15) is 11.7 Å². The summed E-state index contributed by atoms with van der Waals surface area (Å²) in [5, 5.41) is 19.1. The molecule has 0 radical (unpaired) electrons.